The van der Waals surface area contributed by atoms with Crippen molar-refractivity contribution >= 4 is 39.3 Å². The number of rotatable bonds is 5. The predicted octanol–water partition coefficient (Wildman–Crippen LogP) is 3.57. The van der Waals surface area contributed by atoms with E-state index in [1.165, 1.54) is 11.3 Å². The molecule has 0 bridgehead atoms. The normalized spacial score (nSPS) is 15.9. The van der Waals surface area contributed by atoms with Crippen molar-refractivity contribution in [3.05, 3.63) is 95.1 Å². The molecule has 164 valence electrons. The lowest BCUT2D eigenvalue weighted by Crippen LogP contribution is -2.39. The lowest BCUT2D eigenvalue weighted by atomic mass is 9.95. The van der Waals surface area contributed by atoms with E-state index in [2.05, 4.69) is 20.9 Å². The fourth-order valence-corrected chi connectivity index (χ4v) is 4.94. The molecule has 2 aromatic carbocycles. The summed E-state index contributed by atoms with van der Waals surface area (Å²) in [6.07, 6.45) is 1.84. The van der Waals surface area contributed by atoms with Crippen LogP contribution in [0.25, 0.3) is 6.08 Å². The van der Waals surface area contributed by atoms with Crippen LogP contribution < -0.4 is 19.6 Å². The van der Waals surface area contributed by atoms with Crippen LogP contribution in [0.3, 0.4) is 0 Å². The summed E-state index contributed by atoms with van der Waals surface area (Å²) in [5.41, 5.74) is 2.32. The van der Waals surface area contributed by atoms with Crippen molar-refractivity contribution in [2.75, 3.05) is 13.7 Å². The quantitative estimate of drug-likeness (QED) is 0.490. The molecule has 0 aliphatic carbocycles. The number of fused-ring (bicyclic) bond motifs is 1. The first kappa shape index (κ1) is 22.2. The van der Waals surface area contributed by atoms with Crippen molar-refractivity contribution in [1.82, 2.24) is 4.57 Å². The van der Waals surface area contributed by atoms with Gasteiger partial charge >= 0.3 is 5.97 Å². The number of hydrogen-bond donors (Lipinski definition) is 0. The van der Waals surface area contributed by atoms with Gasteiger partial charge in [0.25, 0.3) is 5.56 Å². The number of methoxy groups -OCH3 is 1. The molecule has 0 spiro atoms. The first-order chi connectivity index (χ1) is 15.4. The molecule has 0 unspecified atom stereocenters. The Morgan fingerprint density at radius 1 is 1.25 bits per heavy atom. The first-order valence-electron chi connectivity index (χ1n) is 10.0. The Morgan fingerprint density at radius 3 is 2.69 bits per heavy atom. The van der Waals surface area contributed by atoms with E-state index in [-0.39, 0.29) is 12.2 Å². The number of benzene rings is 2. The van der Waals surface area contributed by atoms with Gasteiger partial charge in [-0.25, -0.2) is 9.79 Å². The highest BCUT2D eigenvalue weighted by atomic mass is 79.9. The minimum absolute atomic E-state index is 0.209. The zero-order chi connectivity index (χ0) is 22.8. The molecule has 0 saturated carbocycles. The molecule has 32 heavy (non-hydrogen) atoms. The summed E-state index contributed by atoms with van der Waals surface area (Å²) in [6.45, 7) is 3.75. The largest absolute Gasteiger partial charge is 0.497 e. The molecule has 8 heteroatoms. The van der Waals surface area contributed by atoms with Gasteiger partial charge in [-0.3, -0.25) is 9.36 Å². The van der Waals surface area contributed by atoms with Gasteiger partial charge in [0, 0.05) is 4.47 Å². The second-order valence-electron chi connectivity index (χ2n) is 7.13. The van der Waals surface area contributed by atoms with E-state index in [1.807, 2.05) is 54.6 Å². The van der Waals surface area contributed by atoms with Crippen LogP contribution in [0.2, 0.25) is 0 Å². The molecule has 2 heterocycles. The number of ether oxygens (including phenoxy) is 2. The molecular weight excluding hydrogens is 492 g/mol. The number of halogens is 1. The Kier molecular flexibility index (Phi) is 6.43. The van der Waals surface area contributed by atoms with E-state index in [0.29, 0.717) is 26.4 Å². The Hall–Kier alpha value is -2.97. The summed E-state index contributed by atoms with van der Waals surface area (Å²) in [5, 5.41) is 0. The lowest BCUT2D eigenvalue weighted by molar-refractivity contribution is -0.139. The molecule has 4 rings (SSSR count). The highest BCUT2D eigenvalue weighted by Crippen LogP contribution is 2.32. The van der Waals surface area contributed by atoms with Crippen molar-refractivity contribution in [3.63, 3.8) is 0 Å². The number of nitrogens with zero attached hydrogens (tertiary/aromatic N) is 2. The third kappa shape index (κ3) is 4.20. The van der Waals surface area contributed by atoms with Crippen LogP contribution in [0.5, 0.6) is 5.75 Å². The zero-order valence-electron chi connectivity index (χ0n) is 17.8. The van der Waals surface area contributed by atoms with E-state index in [4.69, 9.17) is 9.47 Å². The summed E-state index contributed by atoms with van der Waals surface area (Å²) in [5.74, 6) is 0.154. The monoisotopic (exact) mass is 512 g/mol. The fraction of sp³-hybridized carbons (Fsp3) is 0.208. The van der Waals surface area contributed by atoms with E-state index in [0.717, 1.165) is 15.6 Å². The second-order valence-corrected chi connectivity index (χ2v) is 9.06. The molecule has 3 aromatic rings. The number of thiazole rings is 1. The summed E-state index contributed by atoms with van der Waals surface area (Å²) in [4.78, 5) is 31.6. The maximum atomic E-state index is 13.5. The van der Waals surface area contributed by atoms with Crippen LogP contribution in [0, 0.1) is 0 Å². The molecule has 1 aliphatic heterocycles. The molecule has 1 aliphatic rings. The number of carbonyl (C=O) groups excluding carboxylic acids is 1. The van der Waals surface area contributed by atoms with Crippen molar-refractivity contribution in [2.45, 2.75) is 19.9 Å². The zero-order valence-corrected chi connectivity index (χ0v) is 20.2. The SMILES string of the molecule is CCOC(=O)C1=C(C)N=c2s/c(=C/c3ccc(Br)cc3)c(=O)n2[C@@H]1c1cccc(OC)c1. The van der Waals surface area contributed by atoms with Crippen LogP contribution in [-0.4, -0.2) is 24.3 Å². The fourth-order valence-electron chi connectivity index (χ4n) is 3.63. The van der Waals surface area contributed by atoms with Gasteiger partial charge in [-0.15, -0.1) is 0 Å². The Balaban J connectivity index is 1.96. The van der Waals surface area contributed by atoms with Crippen LogP contribution >= 0.6 is 27.3 Å². The molecule has 0 amide bonds. The van der Waals surface area contributed by atoms with Crippen LogP contribution in [0.4, 0.5) is 0 Å². The Bertz CT molecular complexity index is 1390. The molecule has 0 N–H and O–H groups in total. The molecule has 1 aromatic heterocycles. The molecule has 0 radical (unpaired) electrons. The predicted molar refractivity (Wildman–Crippen MR) is 128 cm³/mol. The van der Waals surface area contributed by atoms with Gasteiger partial charge < -0.3 is 9.47 Å². The standard InChI is InChI=1S/C24H21BrN2O4S/c1-4-31-23(29)20-14(2)26-24-27(21(20)16-6-5-7-18(13-16)30-3)22(28)19(32-24)12-15-8-10-17(25)11-9-15/h5-13,21H,4H2,1-3H3/b19-12+/t21-/m1/s1. The third-order valence-electron chi connectivity index (χ3n) is 5.09. The summed E-state index contributed by atoms with van der Waals surface area (Å²) >= 11 is 4.72. The summed E-state index contributed by atoms with van der Waals surface area (Å²) in [6, 6.07) is 14.4. The van der Waals surface area contributed by atoms with E-state index in [1.54, 1.807) is 25.5 Å². The lowest BCUT2D eigenvalue weighted by Gasteiger charge is -2.25. The van der Waals surface area contributed by atoms with Gasteiger partial charge in [-0.05, 0) is 55.3 Å². The molecule has 0 fully saturated rings. The molecule has 0 saturated heterocycles. The summed E-state index contributed by atoms with van der Waals surface area (Å²) < 4.78 is 13.8. The van der Waals surface area contributed by atoms with E-state index in [9.17, 15) is 9.59 Å². The van der Waals surface area contributed by atoms with Crippen molar-refractivity contribution in [1.29, 1.82) is 0 Å². The average Bonchev–Trinajstić information content (AvgIpc) is 3.09. The van der Waals surface area contributed by atoms with E-state index < -0.39 is 12.0 Å². The highest BCUT2D eigenvalue weighted by Gasteiger charge is 2.33. The minimum Gasteiger partial charge on any atom is -0.497 e. The summed E-state index contributed by atoms with van der Waals surface area (Å²) in [7, 11) is 1.58. The van der Waals surface area contributed by atoms with Crippen LogP contribution in [-0.2, 0) is 9.53 Å². The number of aromatic nitrogens is 1. The maximum Gasteiger partial charge on any atom is 0.338 e. The number of allylic oxidation sites excluding steroid dienone is 1. The van der Waals surface area contributed by atoms with Crippen LogP contribution in [0.1, 0.15) is 31.0 Å². The Morgan fingerprint density at radius 2 is 2.00 bits per heavy atom. The second kappa shape index (κ2) is 9.26. The topological polar surface area (TPSA) is 69.9 Å². The van der Waals surface area contributed by atoms with Crippen molar-refractivity contribution < 1.29 is 14.3 Å². The third-order valence-corrected chi connectivity index (χ3v) is 6.61. The van der Waals surface area contributed by atoms with Gasteiger partial charge in [0.05, 0.1) is 35.6 Å². The van der Waals surface area contributed by atoms with Gasteiger partial charge in [0.1, 0.15) is 5.75 Å². The maximum absolute atomic E-state index is 13.5. The van der Waals surface area contributed by atoms with Gasteiger partial charge in [-0.1, -0.05) is 51.5 Å². The van der Waals surface area contributed by atoms with Crippen molar-refractivity contribution in [3.8, 4) is 5.75 Å². The molecule has 6 nitrogen and oxygen atoms in total. The molecule has 1 atom stereocenters. The van der Waals surface area contributed by atoms with Gasteiger partial charge in [0.2, 0.25) is 0 Å². The van der Waals surface area contributed by atoms with Gasteiger partial charge in [0.15, 0.2) is 4.80 Å². The number of esters is 1. The first-order valence-corrected chi connectivity index (χ1v) is 11.6. The van der Waals surface area contributed by atoms with Crippen molar-refractivity contribution in [2.24, 2.45) is 4.99 Å². The Labute approximate surface area is 197 Å². The average molecular weight is 513 g/mol. The van der Waals surface area contributed by atoms with Crippen LogP contribution in [0.15, 0.2) is 74.1 Å². The highest BCUT2D eigenvalue weighted by molar-refractivity contribution is 9.10. The minimum atomic E-state index is -0.660. The molecular formula is C24H21BrN2O4S. The van der Waals surface area contributed by atoms with Gasteiger partial charge in [-0.2, -0.15) is 0 Å². The number of carbonyl (C=O) groups is 1. The van der Waals surface area contributed by atoms with E-state index >= 15 is 0 Å². The smallest absolute Gasteiger partial charge is 0.338 e. The number of hydrogen-bond acceptors (Lipinski definition) is 6.